The molecule has 78 valence electrons. The minimum absolute atomic E-state index is 0.119. The largest absolute Gasteiger partial charge is 0.295 e. The highest BCUT2D eigenvalue weighted by atomic mass is 16.6. The van der Waals surface area contributed by atoms with Crippen LogP contribution < -0.4 is 0 Å². The molecule has 1 heterocycles. The van der Waals surface area contributed by atoms with E-state index >= 15 is 0 Å². The third kappa shape index (κ3) is 1.75. The second-order valence-corrected chi connectivity index (χ2v) is 3.74. The highest BCUT2D eigenvalue weighted by Crippen LogP contribution is 2.36. The van der Waals surface area contributed by atoms with Gasteiger partial charge in [-0.15, -0.1) is 0 Å². The van der Waals surface area contributed by atoms with E-state index in [9.17, 15) is 10.1 Å². The Labute approximate surface area is 87.8 Å². The van der Waals surface area contributed by atoms with Crippen molar-refractivity contribution in [1.82, 2.24) is 4.98 Å². The first-order valence-corrected chi connectivity index (χ1v) is 4.98. The van der Waals surface area contributed by atoms with E-state index in [4.69, 9.17) is 0 Å². The fraction of sp³-hybridized carbons (Fsp3) is 0.364. The fourth-order valence-electron chi connectivity index (χ4n) is 1.99. The summed E-state index contributed by atoms with van der Waals surface area (Å²) in [5.41, 5.74) is 2.96. The molecule has 4 heteroatoms. The molecule has 0 bridgehead atoms. The van der Waals surface area contributed by atoms with Crippen LogP contribution in [0.15, 0.2) is 23.9 Å². The van der Waals surface area contributed by atoms with Crippen LogP contribution >= 0.6 is 0 Å². The summed E-state index contributed by atoms with van der Waals surface area (Å²) in [5.74, 6) is 0. The Balaban J connectivity index is 2.52. The van der Waals surface area contributed by atoms with E-state index < -0.39 is 0 Å². The van der Waals surface area contributed by atoms with Crippen molar-refractivity contribution >= 4 is 11.3 Å². The van der Waals surface area contributed by atoms with Gasteiger partial charge in [-0.3, -0.25) is 10.1 Å². The zero-order chi connectivity index (χ0) is 10.8. The van der Waals surface area contributed by atoms with Gasteiger partial charge in [-0.25, -0.2) is 4.98 Å². The minimum atomic E-state index is -0.360. The van der Waals surface area contributed by atoms with Crippen LogP contribution in [0.3, 0.4) is 0 Å². The van der Waals surface area contributed by atoms with Crippen LogP contribution in [0.2, 0.25) is 0 Å². The molecule has 1 aliphatic carbocycles. The maximum Gasteiger partial charge on any atom is 0.295 e. The third-order valence-electron chi connectivity index (χ3n) is 2.76. The normalized spacial score (nSPS) is 15.8. The first kappa shape index (κ1) is 9.83. The number of allylic oxidation sites excluding steroid dienone is 2. The van der Waals surface area contributed by atoms with E-state index in [1.807, 2.05) is 6.92 Å². The van der Waals surface area contributed by atoms with Crippen molar-refractivity contribution in [2.24, 2.45) is 0 Å². The molecule has 1 aromatic rings. The molecule has 0 saturated carbocycles. The van der Waals surface area contributed by atoms with Crippen LogP contribution in [0.4, 0.5) is 5.69 Å². The minimum Gasteiger partial charge on any atom is -0.258 e. The quantitative estimate of drug-likeness (QED) is 0.549. The monoisotopic (exact) mass is 204 g/mol. The second kappa shape index (κ2) is 3.81. The Morgan fingerprint density at radius 1 is 1.47 bits per heavy atom. The third-order valence-corrected chi connectivity index (χ3v) is 2.76. The molecular weight excluding hydrogens is 192 g/mol. The summed E-state index contributed by atoms with van der Waals surface area (Å²) in [6.07, 6.45) is 4.63. The van der Waals surface area contributed by atoms with Crippen LogP contribution in [-0.2, 0) is 0 Å². The van der Waals surface area contributed by atoms with E-state index in [-0.39, 0.29) is 10.6 Å². The van der Waals surface area contributed by atoms with Gasteiger partial charge in [0.1, 0.15) is 5.69 Å². The highest BCUT2D eigenvalue weighted by Gasteiger charge is 2.22. The number of hydrogen-bond donors (Lipinski definition) is 0. The lowest BCUT2D eigenvalue weighted by Crippen LogP contribution is -1.97. The Hall–Kier alpha value is -1.71. The zero-order valence-corrected chi connectivity index (χ0v) is 8.56. The van der Waals surface area contributed by atoms with Crippen LogP contribution in [-0.4, -0.2) is 9.91 Å². The molecule has 0 fully saturated rings. The van der Waals surface area contributed by atoms with E-state index in [0.717, 1.165) is 24.8 Å². The van der Waals surface area contributed by atoms with Gasteiger partial charge in [0, 0.05) is 12.3 Å². The molecule has 1 aromatic heterocycles. The number of hydrogen-bond acceptors (Lipinski definition) is 3. The predicted molar refractivity (Wildman–Crippen MR) is 57.3 cm³/mol. The van der Waals surface area contributed by atoms with E-state index in [0.29, 0.717) is 5.69 Å². The number of nitro groups is 1. The van der Waals surface area contributed by atoms with E-state index in [2.05, 4.69) is 4.98 Å². The first-order valence-electron chi connectivity index (χ1n) is 4.98. The Kier molecular flexibility index (Phi) is 2.49. The topological polar surface area (TPSA) is 56.0 Å². The Bertz CT molecular complexity index is 438. The molecule has 0 aromatic carbocycles. The van der Waals surface area contributed by atoms with Crippen LogP contribution in [0.5, 0.6) is 0 Å². The summed E-state index contributed by atoms with van der Waals surface area (Å²) in [5, 5.41) is 10.8. The molecule has 4 nitrogen and oxygen atoms in total. The van der Waals surface area contributed by atoms with Gasteiger partial charge >= 0.3 is 0 Å². The van der Waals surface area contributed by atoms with Crippen molar-refractivity contribution in [3.05, 3.63) is 39.7 Å². The van der Waals surface area contributed by atoms with Gasteiger partial charge < -0.3 is 0 Å². The summed E-state index contributed by atoms with van der Waals surface area (Å²) >= 11 is 0. The zero-order valence-electron chi connectivity index (χ0n) is 8.56. The van der Waals surface area contributed by atoms with Gasteiger partial charge in [0.2, 0.25) is 0 Å². The number of rotatable bonds is 2. The SMILES string of the molecule is CC1=C(c2ncccc2[N+](=O)[O-])CCC1. The molecule has 0 atom stereocenters. The predicted octanol–water partition coefficient (Wildman–Crippen LogP) is 2.95. The van der Waals surface area contributed by atoms with E-state index in [1.165, 1.54) is 11.6 Å². The lowest BCUT2D eigenvalue weighted by atomic mass is 10.1. The van der Waals surface area contributed by atoms with E-state index in [1.54, 1.807) is 12.3 Å². The van der Waals surface area contributed by atoms with Crippen molar-refractivity contribution < 1.29 is 4.92 Å². The molecule has 0 spiro atoms. The van der Waals surface area contributed by atoms with Crippen molar-refractivity contribution in [3.63, 3.8) is 0 Å². The lowest BCUT2D eigenvalue weighted by molar-refractivity contribution is -0.385. The molecule has 0 aliphatic heterocycles. The van der Waals surface area contributed by atoms with Crippen LogP contribution in [0.1, 0.15) is 31.9 Å². The standard InChI is InChI=1S/C11H12N2O2/c1-8-4-2-5-9(8)11-10(13(14)15)6-3-7-12-11/h3,6-7H,2,4-5H2,1H3. The Morgan fingerprint density at radius 3 is 2.87 bits per heavy atom. The molecular formula is C11H12N2O2. The number of nitrogens with zero attached hydrogens (tertiary/aromatic N) is 2. The van der Waals surface area contributed by atoms with Crippen molar-refractivity contribution in [2.45, 2.75) is 26.2 Å². The fourth-order valence-corrected chi connectivity index (χ4v) is 1.99. The van der Waals surface area contributed by atoms with Gasteiger partial charge in [0.25, 0.3) is 5.69 Å². The summed E-state index contributed by atoms with van der Waals surface area (Å²) < 4.78 is 0. The maximum atomic E-state index is 10.8. The van der Waals surface area contributed by atoms with Gasteiger partial charge in [-0.2, -0.15) is 0 Å². The number of pyridine rings is 1. The summed E-state index contributed by atoms with van der Waals surface area (Å²) in [4.78, 5) is 14.6. The molecule has 0 unspecified atom stereocenters. The highest BCUT2D eigenvalue weighted by molar-refractivity contribution is 5.73. The summed E-state index contributed by atoms with van der Waals surface area (Å²) in [6, 6.07) is 3.12. The van der Waals surface area contributed by atoms with Crippen molar-refractivity contribution in [2.75, 3.05) is 0 Å². The summed E-state index contributed by atoms with van der Waals surface area (Å²) in [7, 11) is 0. The van der Waals surface area contributed by atoms with Crippen LogP contribution in [0, 0.1) is 10.1 Å². The molecule has 0 saturated heterocycles. The van der Waals surface area contributed by atoms with Crippen molar-refractivity contribution in [1.29, 1.82) is 0 Å². The van der Waals surface area contributed by atoms with Gasteiger partial charge in [0.15, 0.2) is 0 Å². The average molecular weight is 204 g/mol. The van der Waals surface area contributed by atoms with Crippen LogP contribution in [0.25, 0.3) is 5.57 Å². The molecule has 15 heavy (non-hydrogen) atoms. The van der Waals surface area contributed by atoms with Gasteiger partial charge in [0.05, 0.1) is 4.92 Å². The molecule has 2 rings (SSSR count). The molecule has 0 radical (unpaired) electrons. The summed E-state index contributed by atoms with van der Waals surface area (Å²) in [6.45, 7) is 2.03. The van der Waals surface area contributed by atoms with Crippen molar-refractivity contribution in [3.8, 4) is 0 Å². The first-order chi connectivity index (χ1) is 7.20. The molecule has 0 amide bonds. The second-order valence-electron chi connectivity index (χ2n) is 3.74. The molecule has 0 N–H and O–H groups in total. The Morgan fingerprint density at radius 2 is 2.27 bits per heavy atom. The number of aromatic nitrogens is 1. The van der Waals surface area contributed by atoms with Gasteiger partial charge in [-0.1, -0.05) is 5.57 Å². The lowest BCUT2D eigenvalue weighted by Gasteiger charge is -2.03. The molecule has 1 aliphatic rings. The maximum absolute atomic E-state index is 10.8. The van der Waals surface area contributed by atoms with Gasteiger partial charge in [-0.05, 0) is 37.8 Å². The smallest absolute Gasteiger partial charge is 0.258 e. The average Bonchev–Trinajstić information content (AvgIpc) is 2.64.